The number of methoxy groups -OCH3 is 3. The fourth-order valence-electron chi connectivity index (χ4n) is 4.54. The van der Waals surface area contributed by atoms with E-state index in [-0.39, 0.29) is 10.6 Å². The summed E-state index contributed by atoms with van der Waals surface area (Å²) in [6.45, 7) is 3.53. The van der Waals surface area contributed by atoms with Gasteiger partial charge < -0.3 is 18.9 Å². The van der Waals surface area contributed by atoms with E-state index in [1.807, 2.05) is 50.2 Å². The molecule has 0 bridgehead atoms. The first-order valence-electron chi connectivity index (χ1n) is 13.7. The third-order valence-electron chi connectivity index (χ3n) is 6.61. The SMILES string of the molecule is COc1ccc(S(=O)(=O)N(CC(=O)N/N=C\c2cc(Br)c(OCc3ccccc3)c(OC)c2)c2cc(C)cc(C)c2)cc1OC. The van der Waals surface area contributed by atoms with Crippen LogP contribution < -0.4 is 28.7 Å². The van der Waals surface area contributed by atoms with Crippen molar-refractivity contribution in [2.24, 2.45) is 5.10 Å². The summed E-state index contributed by atoms with van der Waals surface area (Å²) in [5.74, 6) is 0.956. The molecule has 0 aliphatic carbocycles. The van der Waals surface area contributed by atoms with Crippen molar-refractivity contribution in [2.75, 3.05) is 32.2 Å². The smallest absolute Gasteiger partial charge is 0.264 e. The van der Waals surface area contributed by atoms with Crippen LogP contribution in [-0.2, 0) is 21.4 Å². The molecular formula is C33H34BrN3O7S. The standard InChI is InChI=1S/C33H34BrN3O7S/c1-22-13-23(2)15-26(14-22)37(45(39,40)27-11-12-29(41-3)30(18-27)42-4)20-32(38)36-35-19-25-16-28(34)33(31(17-25)43-5)44-21-24-9-7-6-8-10-24/h6-19H,20-21H2,1-5H3,(H,36,38)/b35-19-. The molecular weight excluding hydrogens is 662 g/mol. The molecule has 0 heterocycles. The van der Waals surface area contributed by atoms with Gasteiger partial charge in [0.1, 0.15) is 13.2 Å². The van der Waals surface area contributed by atoms with Gasteiger partial charge in [0.2, 0.25) is 0 Å². The maximum atomic E-state index is 13.9. The second-order valence-electron chi connectivity index (χ2n) is 9.98. The van der Waals surface area contributed by atoms with Gasteiger partial charge in [-0.3, -0.25) is 9.10 Å². The number of hydrogen-bond donors (Lipinski definition) is 1. The Kier molecular flexibility index (Phi) is 11.1. The van der Waals surface area contributed by atoms with Crippen molar-refractivity contribution in [3.8, 4) is 23.0 Å². The summed E-state index contributed by atoms with van der Waals surface area (Å²) in [5, 5.41) is 4.07. The Bertz CT molecular complexity index is 1780. The first-order valence-corrected chi connectivity index (χ1v) is 16.0. The fraction of sp³-hybridized carbons (Fsp3) is 0.212. The number of hydrogen-bond acceptors (Lipinski definition) is 8. The number of sulfonamides is 1. The lowest BCUT2D eigenvalue weighted by Crippen LogP contribution is -2.39. The van der Waals surface area contributed by atoms with Crippen molar-refractivity contribution in [3.05, 3.63) is 106 Å². The minimum Gasteiger partial charge on any atom is -0.493 e. The Morgan fingerprint density at radius 3 is 2.18 bits per heavy atom. The summed E-state index contributed by atoms with van der Waals surface area (Å²) >= 11 is 3.52. The molecule has 45 heavy (non-hydrogen) atoms. The highest BCUT2D eigenvalue weighted by molar-refractivity contribution is 9.10. The molecule has 0 fully saturated rings. The number of aryl methyl sites for hydroxylation is 2. The second-order valence-corrected chi connectivity index (χ2v) is 12.7. The predicted molar refractivity (Wildman–Crippen MR) is 177 cm³/mol. The van der Waals surface area contributed by atoms with Crippen LogP contribution in [0, 0.1) is 13.8 Å². The van der Waals surface area contributed by atoms with Crippen molar-refractivity contribution in [2.45, 2.75) is 25.3 Å². The van der Waals surface area contributed by atoms with Crippen LogP contribution in [0.25, 0.3) is 0 Å². The number of rotatable bonds is 13. The molecule has 0 atom stereocenters. The van der Waals surface area contributed by atoms with E-state index in [0.29, 0.717) is 39.6 Å². The summed E-state index contributed by atoms with van der Waals surface area (Å²) in [6, 6.07) is 22.8. The normalized spacial score (nSPS) is 11.2. The van der Waals surface area contributed by atoms with Crippen LogP contribution >= 0.6 is 15.9 Å². The number of nitrogens with zero attached hydrogens (tertiary/aromatic N) is 2. The van der Waals surface area contributed by atoms with Crippen LogP contribution in [-0.4, -0.2) is 48.4 Å². The molecule has 0 spiro atoms. The van der Waals surface area contributed by atoms with E-state index in [1.165, 1.54) is 45.7 Å². The third-order valence-corrected chi connectivity index (χ3v) is 8.96. The molecule has 0 aliphatic rings. The van der Waals surface area contributed by atoms with Gasteiger partial charge in [0.25, 0.3) is 15.9 Å². The summed E-state index contributed by atoms with van der Waals surface area (Å²) in [4.78, 5) is 13.1. The minimum atomic E-state index is -4.21. The van der Waals surface area contributed by atoms with Gasteiger partial charge in [-0.25, -0.2) is 13.8 Å². The number of nitrogens with one attached hydrogen (secondary N) is 1. The van der Waals surface area contributed by atoms with Gasteiger partial charge in [-0.15, -0.1) is 0 Å². The number of benzene rings is 4. The zero-order valence-corrected chi connectivity index (χ0v) is 27.9. The number of ether oxygens (including phenoxy) is 4. The highest BCUT2D eigenvalue weighted by Gasteiger charge is 2.29. The predicted octanol–water partition coefficient (Wildman–Crippen LogP) is 6.02. The molecule has 0 aliphatic heterocycles. The first-order chi connectivity index (χ1) is 21.5. The van der Waals surface area contributed by atoms with Crippen molar-refractivity contribution in [1.29, 1.82) is 0 Å². The average molecular weight is 697 g/mol. The van der Waals surface area contributed by atoms with E-state index in [1.54, 1.807) is 24.3 Å². The number of halogens is 1. The molecule has 4 rings (SSSR count). The molecule has 236 valence electrons. The van der Waals surface area contributed by atoms with Gasteiger partial charge in [0.15, 0.2) is 23.0 Å². The highest BCUT2D eigenvalue weighted by atomic mass is 79.9. The monoisotopic (exact) mass is 695 g/mol. The molecule has 0 unspecified atom stereocenters. The first kappa shape index (κ1) is 33.3. The molecule has 0 radical (unpaired) electrons. The number of anilines is 1. The quantitative estimate of drug-likeness (QED) is 0.134. The van der Waals surface area contributed by atoms with Crippen molar-refractivity contribution < 1.29 is 32.2 Å². The van der Waals surface area contributed by atoms with Gasteiger partial charge >= 0.3 is 0 Å². The zero-order chi connectivity index (χ0) is 32.6. The van der Waals surface area contributed by atoms with Crippen molar-refractivity contribution in [1.82, 2.24) is 5.43 Å². The molecule has 0 saturated heterocycles. The second kappa shape index (κ2) is 15.0. The Balaban J connectivity index is 1.55. The number of amides is 1. The molecule has 0 saturated carbocycles. The van der Waals surface area contributed by atoms with E-state index < -0.39 is 22.5 Å². The van der Waals surface area contributed by atoms with Crippen LogP contribution in [0.1, 0.15) is 22.3 Å². The summed E-state index contributed by atoms with van der Waals surface area (Å²) in [5.41, 5.74) is 6.06. The molecule has 1 amide bonds. The lowest BCUT2D eigenvalue weighted by molar-refractivity contribution is -0.119. The number of hydrazone groups is 1. The lowest BCUT2D eigenvalue weighted by Gasteiger charge is -2.25. The summed E-state index contributed by atoms with van der Waals surface area (Å²) in [7, 11) is 0.191. The molecule has 12 heteroatoms. The van der Waals surface area contributed by atoms with E-state index >= 15 is 0 Å². The third kappa shape index (κ3) is 8.34. The van der Waals surface area contributed by atoms with Gasteiger partial charge in [0.05, 0.1) is 42.6 Å². The van der Waals surface area contributed by atoms with E-state index in [0.717, 1.165) is 21.0 Å². The van der Waals surface area contributed by atoms with Gasteiger partial charge in [-0.2, -0.15) is 5.10 Å². The maximum Gasteiger partial charge on any atom is 0.264 e. The van der Waals surface area contributed by atoms with Crippen molar-refractivity contribution in [3.63, 3.8) is 0 Å². The van der Waals surface area contributed by atoms with E-state index in [9.17, 15) is 13.2 Å². The lowest BCUT2D eigenvalue weighted by atomic mass is 10.1. The molecule has 0 aromatic heterocycles. The molecule has 4 aromatic carbocycles. The van der Waals surface area contributed by atoms with Crippen molar-refractivity contribution >= 4 is 43.8 Å². The Labute approximate surface area is 271 Å². The number of carbonyl (C=O) groups is 1. The van der Waals surface area contributed by atoms with Crippen LogP contribution in [0.5, 0.6) is 23.0 Å². The van der Waals surface area contributed by atoms with Crippen LogP contribution in [0.4, 0.5) is 5.69 Å². The molecule has 10 nitrogen and oxygen atoms in total. The molecule has 4 aromatic rings. The van der Waals surface area contributed by atoms with Crippen LogP contribution in [0.3, 0.4) is 0 Å². The molecule has 1 N–H and O–H groups in total. The summed E-state index contributed by atoms with van der Waals surface area (Å²) < 4.78 is 51.6. The highest BCUT2D eigenvalue weighted by Crippen LogP contribution is 2.37. The van der Waals surface area contributed by atoms with Crippen LogP contribution in [0.2, 0.25) is 0 Å². The Morgan fingerprint density at radius 2 is 1.53 bits per heavy atom. The largest absolute Gasteiger partial charge is 0.493 e. The summed E-state index contributed by atoms with van der Waals surface area (Å²) in [6.07, 6.45) is 1.43. The topological polar surface area (TPSA) is 116 Å². The average Bonchev–Trinajstić information content (AvgIpc) is 3.02. The van der Waals surface area contributed by atoms with E-state index in [2.05, 4.69) is 26.5 Å². The van der Waals surface area contributed by atoms with Crippen LogP contribution in [0.15, 0.2) is 93.3 Å². The van der Waals surface area contributed by atoms with Gasteiger partial charge in [-0.05, 0) is 88.4 Å². The minimum absolute atomic E-state index is 0.0675. The fourth-order valence-corrected chi connectivity index (χ4v) is 6.54. The Morgan fingerprint density at radius 1 is 0.867 bits per heavy atom. The maximum absolute atomic E-state index is 13.9. The Hall–Kier alpha value is -4.55. The number of carbonyl (C=O) groups excluding carboxylic acids is 1. The van der Waals surface area contributed by atoms with E-state index in [4.69, 9.17) is 18.9 Å². The van der Waals surface area contributed by atoms with Gasteiger partial charge in [-0.1, -0.05) is 36.4 Å². The van der Waals surface area contributed by atoms with Gasteiger partial charge in [0, 0.05) is 6.07 Å². The zero-order valence-electron chi connectivity index (χ0n) is 25.5.